The summed E-state index contributed by atoms with van der Waals surface area (Å²) in [5, 5.41) is 21.0. The second-order valence-corrected chi connectivity index (χ2v) is 5.98. The van der Waals surface area contributed by atoms with E-state index in [1.165, 1.54) is 6.07 Å². The lowest BCUT2D eigenvalue weighted by Crippen LogP contribution is -2.43. The molecule has 114 valence electrons. The van der Waals surface area contributed by atoms with Crippen molar-refractivity contribution in [1.82, 2.24) is 4.90 Å². The number of piperidine rings is 1. The van der Waals surface area contributed by atoms with Crippen molar-refractivity contribution < 1.29 is 19.8 Å². The molecule has 0 spiro atoms. The van der Waals surface area contributed by atoms with E-state index in [4.69, 9.17) is 5.11 Å². The molecule has 1 fully saturated rings. The van der Waals surface area contributed by atoms with Crippen LogP contribution in [-0.2, 0) is 0 Å². The number of likely N-dealkylation sites (tertiary alicyclic amines) is 1. The molecule has 1 aliphatic rings. The molecular formula is C14H17BrN2O4. The number of hydrogen-bond acceptors (Lipinski definition) is 3. The lowest BCUT2D eigenvalue weighted by molar-refractivity contribution is 0.0698. The van der Waals surface area contributed by atoms with Crippen LogP contribution in [0.15, 0.2) is 22.7 Å². The van der Waals surface area contributed by atoms with Gasteiger partial charge in [-0.3, -0.25) is 0 Å². The van der Waals surface area contributed by atoms with E-state index in [2.05, 4.69) is 21.2 Å². The molecule has 1 aromatic rings. The molecule has 1 aliphatic heterocycles. The third-order valence-electron chi connectivity index (χ3n) is 3.52. The highest BCUT2D eigenvalue weighted by atomic mass is 79.9. The maximum Gasteiger partial charge on any atom is 0.337 e. The topological polar surface area (TPSA) is 89.9 Å². The number of aliphatic hydroxyl groups is 1. The number of nitrogens with zero attached hydrogens (tertiary/aromatic N) is 1. The van der Waals surface area contributed by atoms with Gasteiger partial charge < -0.3 is 20.4 Å². The Morgan fingerprint density at radius 3 is 2.86 bits per heavy atom. The summed E-state index contributed by atoms with van der Waals surface area (Å²) in [4.78, 5) is 25.0. The molecule has 0 radical (unpaired) electrons. The zero-order valence-corrected chi connectivity index (χ0v) is 13.0. The van der Waals surface area contributed by atoms with E-state index in [1.54, 1.807) is 17.0 Å². The molecule has 21 heavy (non-hydrogen) atoms. The van der Waals surface area contributed by atoms with Gasteiger partial charge in [-0.25, -0.2) is 9.59 Å². The van der Waals surface area contributed by atoms with Crippen LogP contribution in [0.3, 0.4) is 0 Å². The van der Waals surface area contributed by atoms with Gasteiger partial charge in [0, 0.05) is 24.2 Å². The number of carboxylic acid groups (broad SMARTS) is 1. The van der Waals surface area contributed by atoms with Crippen LogP contribution in [0.5, 0.6) is 0 Å². The Labute approximate surface area is 130 Å². The van der Waals surface area contributed by atoms with E-state index in [0.29, 0.717) is 17.6 Å². The van der Waals surface area contributed by atoms with Crippen molar-refractivity contribution in [2.45, 2.75) is 12.8 Å². The Morgan fingerprint density at radius 1 is 1.43 bits per heavy atom. The van der Waals surface area contributed by atoms with Crippen molar-refractivity contribution in [3.8, 4) is 0 Å². The van der Waals surface area contributed by atoms with Crippen LogP contribution >= 0.6 is 15.9 Å². The summed E-state index contributed by atoms with van der Waals surface area (Å²) < 4.78 is 0.690. The molecule has 1 aromatic carbocycles. The van der Waals surface area contributed by atoms with Crippen LogP contribution in [0.25, 0.3) is 0 Å². The van der Waals surface area contributed by atoms with Crippen LogP contribution in [0.1, 0.15) is 23.2 Å². The molecule has 0 bridgehead atoms. The minimum absolute atomic E-state index is 0.0438. The zero-order chi connectivity index (χ0) is 15.4. The molecule has 0 aliphatic carbocycles. The molecule has 1 atom stereocenters. The van der Waals surface area contributed by atoms with Crippen LogP contribution in [-0.4, -0.2) is 46.8 Å². The van der Waals surface area contributed by atoms with Gasteiger partial charge >= 0.3 is 12.0 Å². The highest BCUT2D eigenvalue weighted by Crippen LogP contribution is 2.23. The molecule has 1 heterocycles. The van der Waals surface area contributed by atoms with E-state index in [9.17, 15) is 14.7 Å². The average molecular weight is 357 g/mol. The summed E-state index contributed by atoms with van der Waals surface area (Å²) in [6.45, 7) is 1.15. The van der Waals surface area contributed by atoms with E-state index in [0.717, 1.165) is 12.8 Å². The molecule has 1 saturated heterocycles. The van der Waals surface area contributed by atoms with Crippen molar-refractivity contribution >= 4 is 33.6 Å². The highest BCUT2D eigenvalue weighted by molar-refractivity contribution is 9.10. The number of amides is 2. The first kappa shape index (κ1) is 15.8. The number of carbonyl (C=O) groups excluding carboxylic acids is 1. The number of carbonyl (C=O) groups is 2. The van der Waals surface area contributed by atoms with Gasteiger partial charge in [0.05, 0.1) is 11.3 Å². The van der Waals surface area contributed by atoms with Gasteiger partial charge in [0.15, 0.2) is 0 Å². The normalized spacial score (nSPS) is 18.4. The van der Waals surface area contributed by atoms with Crippen molar-refractivity contribution in [3.63, 3.8) is 0 Å². The van der Waals surface area contributed by atoms with Crippen LogP contribution in [0.2, 0.25) is 0 Å². The fraction of sp³-hybridized carbons (Fsp3) is 0.429. The van der Waals surface area contributed by atoms with Crippen LogP contribution < -0.4 is 5.32 Å². The number of carboxylic acids is 1. The van der Waals surface area contributed by atoms with Crippen molar-refractivity contribution in [1.29, 1.82) is 0 Å². The quantitative estimate of drug-likeness (QED) is 0.775. The van der Waals surface area contributed by atoms with Gasteiger partial charge in [-0.1, -0.05) is 15.9 Å². The summed E-state index contributed by atoms with van der Waals surface area (Å²) in [5.74, 6) is -1.00. The van der Waals surface area contributed by atoms with Crippen LogP contribution in [0.4, 0.5) is 10.5 Å². The third kappa shape index (κ3) is 3.95. The van der Waals surface area contributed by atoms with E-state index < -0.39 is 5.97 Å². The van der Waals surface area contributed by atoms with Gasteiger partial charge in [0.25, 0.3) is 0 Å². The Bertz CT molecular complexity index is 550. The molecule has 1 unspecified atom stereocenters. The number of nitrogens with one attached hydrogen (secondary N) is 1. The SMILES string of the molecule is O=C(O)c1ccc(Br)cc1NC(=O)N1CCCC(CO)C1. The van der Waals surface area contributed by atoms with Gasteiger partial charge in [-0.15, -0.1) is 0 Å². The second-order valence-electron chi connectivity index (χ2n) is 5.06. The summed E-state index contributed by atoms with van der Waals surface area (Å²) in [7, 11) is 0. The van der Waals surface area contributed by atoms with Gasteiger partial charge in [0.2, 0.25) is 0 Å². The van der Waals surface area contributed by atoms with Gasteiger partial charge in [-0.2, -0.15) is 0 Å². The summed E-state index contributed by atoms with van der Waals surface area (Å²) >= 11 is 3.26. The molecule has 3 N–H and O–H groups in total. The number of aliphatic hydroxyl groups excluding tert-OH is 1. The lowest BCUT2D eigenvalue weighted by atomic mass is 9.99. The minimum Gasteiger partial charge on any atom is -0.478 e. The second kappa shape index (κ2) is 6.91. The Balaban J connectivity index is 2.12. The fourth-order valence-corrected chi connectivity index (χ4v) is 2.76. The Kier molecular flexibility index (Phi) is 5.19. The fourth-order valence-electron chi connectivity index (χ4n) is 2.40. The number of halogens is 1. The van der Waals surface area contributed by atoms with Crippen LogP contribution in [0, 0.1) is 5.92 Å². The molecule has 6 nitrogen and oxygen atoms in total. The first-order valence-corrected chi connectivity index (χ1v) is 7.50. The molecule has 7 heteroatoms. The molecular weight excluding hydrogens is 340 g/mol. The maximum absolute atomic E-state index is 12.2. The first-order valence-electron chi connectivity index (χ1n) is 6.71. The lowest BCUT2D eigenvalue weighted by Gasteiger charge is -2.32. The number of anilines is 1. The third-order valence-corrected chi connectivity index (χ3v) is 4.01. The zero-order valence-electron chi connectivity index (χ0n) is 11.4. The first-order chi connectivity index (χ1) is 10.0. The number of hydrogen-bond donors (Lipinski definition) is 3. The minimum atomic E-state index is -1.09. The van der Waals surface area contributed by atoms with E-state index >= 15 is 0 Å². The van der Waals surface area contributed by atoms with Crippen molar-refractivity contribution in [3.05, 3.63) is 28.2 Å². The number of urea groups is 1. The smallest absolute Gasteiger partial charge is 0.337 e. The Hall–Kier alpha value is -1.60. The monoisotopic (exact) mass is 356 g/mol. The molecule has 2 amide bonds. The standard InChI is InChI=1S/C14H17BrN2O4/c15-10-3-4-11(13(19)20)12(6-10)16-14(21)17-5-1-2-9(7-17)8-18/h3-4,6,9,18H,1-2,5,7-8H2,(H,16,21)(H,19,20). The van der Waals surface area contributed by atoms with Gasteiger partial charge in [0.1, 0.15) is 0 Å². The maximum atomic E-state index is 12.2. The summed E-state index contributed by atoms with van der Waals surface area (Å²) in [6, 6.07) is 4.28. The molecule has 0 saturated carbocycles. The predicted octanol–water partition coefficient (Wildman–Crippen LogP) is 2.38. The number of rotatable bonds is 3. The van der Waals surface area contributed by atoms with E-state index in [-0.39, 0.29) is 29.8 Å². The Morgan fingerprint density at radius 2 is 2.19 bits per heavy atom. The van der Waals surface area contributed by atoms with Gasteiger partial charge in [-0.05, 0) is 37.0 Å². The molecule has 0 aromatic heterocycles. The number of aromatic carboxylic acids is 1. The largest absolute Gasteiger partial charge is 0.478 e. The van der Waals surface area contributed by atoms with Crippen molar-refractivity contribution in [2.24, 2.45) is 5.92 Å². The summed E-state index contributed by atoms with van der Waals surface area (Å²) in [5.41, 5.74) is 0.301. The predicted molar refractivity (Wildman–Crippen MR) is 81.5 cm³/mol. The molecule has 2 rings (SSSR count). The van der Waals surface area contributed by atoms with Crippen molar-refractivity contribution in [2.75, 3.05) is 25.0 Å². The summed E-state index contributed by atoms with van der Waals surface area (Å²) in [6.07, 6.45) is 1.74. The van der Waals surface area contributed by atoms with E-state index in [1.807, 2.05) is 0 Å². The highest BCUT2D eigenvalue weighted by Gasteiger charge is 2.24. The average Bonchev–Trinajstić information content (AvgIpc) is 2.47. The number of benzene rings is 1.